The van der Waals surface area contributed by atoms with Crippen molar-refractivity contribution in [2.24, 2.45) is 23.7 Å². The van der Waals surface area contributed by atoms with E-state index in [0.29, 0.717) is 6.10 Å². The van der Waals surface area contributed by atoms with Crippen molar-refractivity contribution in [1.29, 1.82) is 0 Å². The summed E-state index contributed by atoms with van der Waals surface area (Å²) in [5.74, 6) is 4.73. The quantitative estimate of drug-likeness (QED) is 0.374. The zero-order valence-electron chi connectivity index (χ0n) is 6.23. The standard InChI is InChI=1S/C10H10O/c1-2-6-3-5(1)7-4-8-10(11-8)9(6)7/h1-2,4-7,9-10H,3H2. The van der Waals surface area contributed by atoms with Gasteiger partial charge >= 0.3 is 0 Å². The maximum absolute atomic E-state index is 5.45. The largest absolute Gasteiger partial charge is 0.483 e. The average molecular weight is 146 g/mol. The van der Waals surface area contributed by atoms with Crippen molar-refractivity contribution >= 4 is 0 Å². The predicted octanol–water partition coefficient (Wildman–Crippen LogP) is 1.72. The Bertz CT molecular complexity index is 289. The van der Waals surface area contributed by atoms with Crippen LogP contribution >= 0.6 is 0 Å². The minimum Gasteiger partial charge on any atom is -0.483 e. The number of rotatable bonds is 0. The van der Waals surface area contributed by atoms with Crippen molar-refractivity contribution in [2.45, 2.75) is 12.5 Å². The zero-order chi connectivity index (χ0) is 7.00. The molecule has 56 valence electrons. The topological polar surface area (TPSA) is 12.5 Å². The van der Waals surface area contributed by atoms with Crippen LogP contribution in [0, 0.1) is 23.7 Å². The average Bonchev–Trinajstić information content (AvgIpc) is 2.53. The zero-order valence-corrected chi connectivity index (χ0v) is 6.23. The first-order valence-corrected chi connectivity index (χ1v) is 4.50. The van der Waals surface area contributed by atoms with E-state index in [-0.39, 0.29) is 0 Å². The van der Waals surface area contributed by atoms with Crippen molar-refractivity contribution in [2.75, 3.05) is 0 Å². The molecular weight excluding hydrogens is 136 g/mol. The van der Waals surface area contributed by atoms with Gasteiger partial charge in [0.25, 0.3) is 0 Å². The van der Waals surface area contributed by atoms with Crippen molar-refractivity contribution in [1.82, 2.24) is 0 Å². The van der Waals surface area contributed by atoms with Gasteiger partial charge in [0.05, 0.1) is 0 Å². The lowest BCUT2D eigenvalue weighted by Crippen LogP contribution is -2.19. The van der Waals surface area contributed by atoms with Crippen molar-refractivity contribution in [3.8, 4) is 0 Å². The molecule has 5 atom stereocenters. The van der Waals surface area contributed by atoms with E-state index >= 15 is 0 Å². The van der Waals surface area contributed by atoms with Crippen LogP contribution in [-0.2, 0) is 4.74 Å². The highest BCUT2D eigenvalue weighted by molar-refractivity contribution is 5.34. The van der Waals surface area contributed by atoms with Gasteiger partial charge in [-0.1, -0.05) is 12.2 Å². The summed E-state index contributed by atoms with van der Waals surface area (Å²) in [6.07, 6.45) is 9.15. The van der Waals surface area contributed by atoms with Crippen LogP contribution in [0.4, 0.5) is 0 Å². The first-order valence-electron chi connectivity index (χ1n) is 4.50. The molecule has 3 aliphatic carbocycles. The van der Waals surface area contributed by atoms with Gasteiger partial charge < -0.3 is 4.74 Å². The van der Waals surface area contributed by atoms with Gasteiger partial charge in [-0.05, 0) is 30.3 Å². The Morgan fingerprint density at radius 1 is 1.27 bits per heavy atom. The monoisotopic (exact) mass is 146 g/mol. The minimum atomic E-state index is 0.556. The number of hydrogen-bond donors (Lipinski definition) is 0. The summed E-state index contributed by atoms with van der Waals surface area (Å²) in [4.78, 5) is 0. The molecule has 1 aliphatic heterocycles. The van der Waals surface area contributed by atoms with Gasteiger partial charge in [0.15, 0.2) is 6.10 Å². The van der Waals surface area contributed by atoms with Gasteiger partial charge in [-0.15, -0.1) is 0 Å². The first-order chi connectivity index (χ1) is 5.43. The molecule has 0 amide bonds. The molecule has 11 heavy (non-hydrogen) atoms. The molecule has 4 rings (SSSR count). The summed E-state index contributed by atoms with van der Waals surface area (Å²) in [5.41, 5.74) is 0. The Balaban J connectivity index is 1.88. The van der Waals surface area contributed by atoms with E-state index in [2.05, 4.69) is 18.2 Å². The third kappa shape index (κ3) is 0.419. The molecular formula is C10H10O. The molecule has 1 saturated heterocycles. The molecule has 1 heterocycles. The van der Waals surface area contributed by atoms with Crippen LogP contribution in [0.2, 0.25) is 0 Å². The maximum Gasteiger partial charge on any atom is 0.159 e. The lowest BCUT2D eigenvalue weighted by Gasteiger charge is -2.19. The molecule has 2 bridgehead atoms. The molecule has 5 unspecified atom stereocenters. The fraction of sp³-hybridized carbons (Fsp3) is 0.600. The van der Waals surface area contributed by atoms with Gasteiger partial charge in [-0.25, -0.2) is 0 Å². The van der Waals surface area contributed by atoms with E-state index in [9.17, 15) is 0 Å². The van der Waals surface area contributed by atoms with Gasteiger partial charge in [-0.2, -0.15) is 0 Å². The first kappa shape index (κ1) is 5.02. The Labute approximate surface area is 65.7 Å². The Kier molecular flexibility index (Phi) is 0.585. The van der Waals surface area contributed by atoms with Crippen molar-refractivity contribution in [3.63, 3.8) is 0 Å². The van der Waals surface area contributed by atoms with Crippen molar-refractivity contribution in [3.05, 3.63) is 24.0 Å². The van der Waals surface area contributed by atoms with E-state index in [1.54, 1.807) is 0 Å². The Morgan fingerprint density at radius 3 is 3.09 bits per heavy atom. The Morgan fingerprint density at radius 2 is 2.18 bits per heavy atom. The van der Waals surface area contributed by atoms with Crippen LogP contribution < -0.4 is 0 Å². The van der Waals surface area contributed by atoms with Crippen LogP contribution in [0.25, 0.3) is 0 Å². The molecule has 1 nitrogen and oxygen atoms in total. The third-order valence-electron chi connectivity index (χ3n) is 3.78. The number of fused-ring (bicyclic) bond motifs is 7. The second-order valence-corrected chi connectivity index (χ2v) is 4.21. The molecule has 2 fully saturated rings. The van der Waals surface area contributed by atoms with Gasteiger partial charge in [0, 0.05) is 5.92 Å². The number of allylic oxidation sites excluding steroid dienone is 3. The smallest absolute Gasteiger partial charge is 0.159 e. The van der Waals surface area contributed by atoms with Crippen LogP contribution in [-0.4, -0.2) is 6.10 Å². The maximum atomic E-state index is 5.45. The lowest BCUT2D eigenvalue weighted by atomic mass is 9.85. The fourth-order valence-electron chi connectivity index (χ4n) is 3.26. The highest BCUT2D eigenvalue weighted by Gasteiger charge is 2.59. The molecule has 0 radical (unpaired) electrons. The molecule has 1 heteroatoms. The summed E-state index contributed by atoms with van der Waals surface area (Å²) in [5, 5.41) is 0. The molecule has 0 N–H and O–H groups in total. The van der Waals surface area contributed by atoms with E-state index in [1.165, 1.54) is 12.2 Å². The van der Waals surface area contributed by atoms with Gasteiger partial charge in [0.2, 0.25) is 0 Å². The van der Waals surface area contributed by atoms with Crippen LogP contribution in [0.5, 0.6) is 0 Å². The molecule has 0 aromatic heterocycles. The van der Waals surface area contributed by atoms with E-state index < -0.39 is 0 Å². The minimum absolute atomic E-state index is 0.556. The number of epoxide rings is 1. The van der Waals surface area contributed by atoms with E-state index in [4.69, 9.17) is 4.74 Å². The highest BCUT2D eigenvalue weighted by atomic mass is 16.6. The molecule has 0 aromatic rings. The lowest BCUT2D eigenvalue weighted by molar-refractivity contribution is 0.256. The van der Waals surface area contributed by atoms with E-state index in [1.807, 2.05) is 0 Å². The summed E-state index contributed by atoms with van der Waals surface area (Å²) in [6, 6.07) is 0. The second-order valence-electron chi connectivity index (χ2n) is 4.21. The fourth-order valence-corrected chi connectivity index (χ4v) is 3.26. The molecule has 0 spiro atoms. The van der Waals surface area contributed by atoms with Gasteiger partial charge in [0.1, 0.15) is 5.76 Å². The predicted molar refractivity (Wildman–Crippen MR) is 40.7 cm³/mol. The van der Waals surface area contributed by atoms with Crippen molar-refractivity contribution < 1.29 is 4.74 Å². The second kappa shape index (κ2) is 1.28. The highest BCUT2D eigenvalue weighted by Crippen LogP contribution is 2.60. The molecule has 0 aromatic carbocycles. The summed E-state index contributed by atoms with van der Waals surface area (Å²) in [7, 11) is 0. The SMILES string of the molecule is C1=CC2CC1C1C=C3OC3C21. The van der Waals surface area contributed by atoms with Crippen LogP contribution in [0.3, 0.4) is 0 Å². The number of ether oxygens (including phenoxy) is 1. The summed E-state index contributed by atoms with van der Waals surface area (Å²) < 4.78 is 5.45. The van der Waals surface area contributed by atoms with Crippen LogP contribution in [0.1, 0.15) is 6.42 Å². The molecule has 1 saturated carbocycles. The summed E-state index contributed by atoms with van der Waals surface area (Å²) >= 11 is 0. The van der Waals surface area contributed by atoms with E-state index in [0.717, 1.165) is 23.7 Å². The molecule has 4 aliphatic rings. The summed E-state index contributed by atoms with van der Waals surface area (Å²) in [6.45, 7) is 0. The Hall–Kier alpha value is -0.720. The normalized spacial score (nSPS) is 60.4. The van der Waals surface area contributed by atoms with Crippen LogP contribution in [0.15, 0.2) is 24.0 Å². The van der Waals surface area contributed by atoms with Gasteiger partial charge in [-0.3, -0.25) is 0 Å². The number of hydrogen-bond acceptors (Lipinski definition) is 1. The third-order valence-corrected chi connectivity index (χ3v) is 3.78.